The van der Waals surface area contributed by atoms with Gasteiger partial charge in [0, 0.05) is 47.9 Å². The summed E-state index contributed by atoms with van der Waals surface area (Å²) in [5.74, 6) is 0.563. The Kier molecular flexibility index (Phi) is 5.42. The highest BCUT2D eigenvalue weighted by Gasteiger charge is 2.57. The number of H-pyrrole nitrogens is 1. The van der Waals surface area contributed by atoms with Crippen LogP contribution in [0.15, 0.2) is 72.8 Å². The van der Waals surface area contributed by atoms with Gasteiger partial charge in [0.15, 0.2) is 0 Å². The van der Waals surface area contributed by atoms with E-state index in [9.17, 15) is 9.50 Å². The van der Waals surface area contributed by atoms with E-state index in [0.717, 1.165) is 54.0 Å². The van der Waals surface area contributed by atoms with Crippen LogP contribution in [-0.2, 0) is 24.7 Å². The minimum Gasteiger partial charge on any atom is -0.497 e. The van der Waals surface area contributed by atoms with Crippen LogP contribution < -0.4 is 4.74 Å². The smallest absolute Gasteiger partial charge is 0.132 e. The van der Waals surface area contributed by atoms with Crippen LogP contribution in [0.25, 0.3) is 10.9 Å². The molecule has 0 amide bonds. The lowest BCUT2D eigenvalue weighted by Crippen LogP contribution is -2.66. The van der Waals surface area contributed by atoms with E-state index in [-0.39, 0.29) is 5.82 Å². The summed E-state index contributed by atoms with van der Waals surface area (Å²) in [4.78, 5) is 5.87. The highest BCUT2D eigenvalue weighted by Crippen LogP contribution is 2.52. The number of aromatic nitrogens is 1. The molecular weight excluding hydrogens is 439 g/mol. The van der Waals surface area contributed by atoms with Gasteiger partial charge >= 0.3 is 0 Å². The zero-order chi connectivity index (χ0) is 24.0. The summed E-state index contributed by atoms with van der Waals surface area (Å²) in [7, 11) is 1.68. The van der Waals surface area contributed by atoms with Crippen molar-refractivity contribution in [2.24, 2.45) is 0 Å². The summed E-state index contributed by atoms with van der Waals surface area (Å²) in [6.45, 7) is 2.34. The number of aromatic amines is 1. The Hall–Kier alpha value is -3.15. The predicted octanol–water partition coefficient (Wildman–Crippen LogP) is 5.03. The van der Waals surface area contributed by atoms with Crippen LogP contribution in [0, 0.1) is 5.82 Å². The van der Waals surface area contributed by atoms with Gasteiger partial charge in [0.2, 0.25) is 0 Å². The minimum absolute atomic E-state index is 0.228. The van der Waals surface area contributed by atoms with Gasteiger partial charge in [0.1, 0.15) is 11.6 Å². The van der Waals surface area contributed by atoms with E-state index in [4.69, 9.17) is 4.74 Å². The molecule has 4 aromatic rings. The summed E-state index contributed by atoms with van der Waals surface area (Å²) in [5, 5.41) is 13.1. The van der Waals surface area contributed by atoms with Crippen LogP contribution >= 0.6 is 0 Å². The molecule has 1 aliphatic heterocycles. The lowest BCUT2D eigenvalue weighted by molar-refractivity contribution is -0.102. The number of hydrogen-bond acceptors (Lipinski definition) is 3. The average molecular weight is 471 g/mol. The molecule has 0 spiro atoms. The quantitative estimate of drug-likeness (QED) is 0.430. The normalized spacial score (nSPS) is 24.2. The number of nitrogens with zero attached hydrogens (tertiary/aromatic N) is 1. The van der Waals surface area contributed by atoms with Crippen molar-refractivity contribution in [3.63, 3.8) is 0 Å². The summed E-state index contributed by atoms with van der Waals surface area (Å²) < 4.78 is 20.5. The third-order valence-electron chi connectivity index (χ3n) is 8.33. The van der Waals surface area contributed by atoms with Crippen LogP contribution in [-0.4, -0.2) is 47.3 Å². The van der Waals surface area contributed by atoms with Gasteiger partial charge in [-0.3, -0.25) is 0 Å². The van der Waals surface area contributed by atoms with Gasteiger partial charge in [-0.2, -0.15) is 0 Å². The van der Waals surface area contributed by atoms with Crippen LogP contribution in [0.5, 0.6) is 5.75 Å². The number of likely N-dealkylation sites (tertiary alicyclic amines) is 1. The maximum absolute atomic E-state index is 14.9. The third-order valence-corrected chi connectivity index (χ3v) is 8.33. The highest BCUT2D eigenvalue weighted by atomic mass is 19.1. The lowest BCUT2D eigenvalue weighted by atomic mass is 9.56. The fraction of sp³-hybridized carbons (Fsp3) is 0.333. The van der Waals surface area contributed by atoms with E-state index in [1.165, 1.54) is 11.6 Å². The molecular formula is C30H31FN2O2. The molecule has 2 atom stereocenters. The van der Waals surface area contributed by atoms with Gasteiger partial charge in [-0.1, -0.05) is 48.5 Å². The van der Waals surface area contributed by atoms with Gasteiger partial charge in [-0.05, 0) is 60.3 Å². The molecule has 2 N–H and O–H groups in total. The number of methoxy groups -OCH3 is 1. The van der Waals surface area contributed by atoms with Crippen molar-refractivity contribution in [1.29, 1.82) is 0 Å². The van der Waals surface area contributed by atoms with E-state index in [1.807, 2.05) is 24.3 Å². The number of ether oxygens (including phenoxy) is 1. The van der Waals surface area contributed by atoms with Crippen LogP contribution in [0.3, 0.4) is 0 Å². The molecule has 2 heterocycles. The summed E-state index contributed by atoms with van der Waals surface area (Å²) in [5.41, 5.74) is 3.65. The van der Waals surface area contributed by atoms with E-state index < -0.39 is 11.0 Å². The fourth-order valence-electron chi connectivity index (χ4n) is 6.48. The van der Waals surface area contributed by atoms with Crippen molar-refractivity contribution in [2.75, 3.05) is 26.7 Å². The maximum atomic E-state index is 14.9. The van der Waals surface area contributed by atoms with Crippen molar-refractivity contribution in [3.8, 4) is 5.75 Å². The first-order chi connectivity index (χ1) is 17.0. The van der Waals surface area contributed by atoms with Gasteiger partial charge in [0.05, 0.1) is 12.7 Å². The standard InChI is InChI=1S/C30H31FN2O2/c1-35-23-10-5-9-22(17-23)29-14-16-33(15-13-21-7-3-2-4-8-21)20-30(29,34)18-24-27(19-29)32-26-12-6-11-25(31)28(24)26/h2-12,17,32,34H,13-16,18-20H2,1H3/t29-,30-/m0/s1. The Labute approximate surface area is 205 Å². The largest absolute Gasteiger partial charge is 0.497 e. The number of aliphatic hydroxyl groups is 1. The molecule has 3 aromatic carbocycles. The number of β-amino-alcohol motifs (C(OH)–C–C–N with tert-alkyl or cyclic N) is 1. The van der Waals surface area contributed by atoms with Crippen molar-refractivity contribution in [1.82, 2.24) is 9.88 Å². The Morgan fingerprint density at radius 1 is 1.03 bits per heavy atom. The van der Waals surface area contributed by atoms with Crippen LogP contribution in [0.4, 0.5) is 4.39 Å². The van der Waals surface area contributed by atoms with Gasteiger partial charge in [0.25, 0.3) is 0 Å². The van der Waals surface area contributed by atoms with Crippen LogP contribution in [0.1, 0.15) is 28.8 Å². The minimum atomic E-state index is -1.03. The molecule has 1 fully saturated rings. The molecule has 0 saturated carbocycles. The molecule has 180 valence electrons. The Balaban J connectivity index is 1.41. The molecule has 4 nitrogen and oxygen atoms in total. The Morgan fingerprint density at radius 2 is 1.86 bits per heavy atom. The number of halogens is 1. The van der Waals surface area contributed by atoms with Crippen molar-refractivity contribution >= 4 is 10.9 Å². The second kappa shape index (κ2) is 8.51. The second-order valence-electron chi connectivity index (χ2n) is 10.2. The molecule has 35 heavy (non-hydrogen) atoms. The van der Waals surface area contributed by atoms with E-state index in [2.05, 4.69) is 46.3 Å². The summed E-state index contributed by atoms with van der Waals surface area (Å²) in [6, 6.07) is 23.8. The lowest BCUT2D eigenvalue weighted by Gasteiger charge is -2.56. The first-order valence-corrected chi connectivity index (χ1v) is 12.4. The number of benzene rings is 3. The molecule has 2 aliphatic rings. The van der Waals surface area contributed by atoms with Crippen LogP contribution in [0.2, 0.25) is 0 Å². The molecule has 0 unspecified atom stereocenters. The van der Waals surface area contributed by atoms with E-state index in [0.29, 0.717) is 24.8 Å². The highest BCUT2D eigenvalue weighted by molar-refractivity contribution is 5.86. The molecule has 6 rings (SSSR count). The number of hydrogen-bond donors (Lipinski definition) is 2. The number of fused-ring (bicyclic) bond motifs is 4. The molecule has 1 aromatic heterocycles. The van der Waals surface area contributed by atoms with Crippen molar-refractivity contribution < 1.29 is 14.2 Å². The van der Waals surface area contributed by atoms with E-state index in [1.54, 1.807) is 13.2 Å². The zero-order valence-electron chi connectivity index (χ0n) is 20.1. The number of nitrogens with one attached hydrogen (secondary N) is 1. The second-order valence-corrected chi connectivity index (χ2v) is 10.2. The van der Waals surface area contributed by atoms with Crippen molar-refractivity contribution in [2.45, 2.75) is 36.7 Å². The third kappa shape index (κ3) is 3.65. The zero-order valence-corrected chi connectivity index (χ0v) is 20.1. The Morgan fingerprint density at radius 3 is 2.69 bits per heavy atom. The van der Waals surface area contributed by atoms with Crippen molar-refractivity contribution in [3.05, 3.63) is 101 Å². The van der Waals surface area contributed by atoms with Gasteiger partial charge in [-0.25, -0.2) is 4.39 Å². The van der Waals surface area contributed by atoms with E-state index >= 15 is 0 Å². The topological polar surface area (TPSA) is 48.5 Å². The first-order valence-electron chi connectivity index (χ1n) is 12.4. The average Bonchev–Trinajstić information content (AvgIpc) is 3.23. The Bertz CT molecular complexity index is 1370. The molecule has 0 bridgehead atoms. The number of rotatable bonds is 5. The summed E-state index contributed by atoms with van der Waals surface area (Å²) >= 11 is 0. The van der Waals surface area contributed by atoms with Gasteiger partial charge in [-0.15, -0.1) is 0 Å². The molecule has 1 aliphatic carbocycles. The molecule has 1 saturated heterocycles. The maximum Gasteiger partial charge on any atom is 0.132 e. The monoisotopic (exact) mass is 470 g/mol. The predicted molar refractivity (Wildman–Crippen MR) is 136 cm³/mol. The summed E-state index contributed by atoms with van der Waals surface area (Å²) in [6.07, 6.45) is 2.83. The molecule has 0 radical (unpaired) electrons. The van der Waals surface area contributed by atoms with Gasteiger partial charge < -0.3 is 19.7 Å². The number of piperidine rings is 1. The first kappa shape index (κ1) is 22.3. The SMILES string of the molecule is COc1cccc([C@@]23CCN(CCc4ccccc4)C[C@@]2(O)Cc2c([nH]c4cccc(F)c24)C3)c1. The fourth-order valence-corrected chi connectivity index (χ4v) is 6.48. The molecule has 5 heteroatoms.